The predicted molar refractivity (Wildman–Crippen MR) is 62.4 cm³/mol. The van der Waals surface area contributed by atoms with E-state index in [0.717, 1.165) is 0 Å². The number of H-pyrrole nitrogens is 1. The van der Waals surface area contributed by atoms with Crippen LogP contribution in [0.5, 0.6) is 0 Å². The van der Waals surface area contributed by atoms with Crippen molar-refractivity contribution >= 4 is 17.4 Å². The zero-order valence-corrected chi connectivity index (χ0v) is 9.73. The Balaban J connectivity index is 2.17. The van der Waals surface area contributed by atoms with E-state index in [1.807, 2.05) is 13.0 Å². The normalized spacial score (nSPS) is 11.8. The summed E-state index contributed by atoms with van der Waals surface area (Å²) in [5, 5.41) is 18.8. The minimum atomic E-state index is -0.0854. The van der Waals surface area contributed by atoms with Crippen LogP contribution in [-0.4, -0.2) is 20.2 Å². The van der Waals surface area contributed by atoms with Gasteiger partial charge in [-0.1, -0.05) is 11.6 Å². The molecule has 1 unspecified atom stereocenters. The van der Waals surface area contributed by atoms with Crippen LogP contribution >= 0.6 is 11.6 Å². The lowest BCUT2D eigenvalue weighted by atomic mass is 10.3. The van der Waals surface area contributed by atoms with Gasteiger partial charge in [-0.25, -0.2) is 9.97 Å². The first-order chi connectivity index (χ1) is 8.20. The molecule has 0 saturated carbocycles. The van der Waals surface area contributed by atoms with Crippen molar-refractivity contribution in [2.24, 2.45) is 0 Å². The van der Waals surface area contributed by atoms with Crippen molar-refractivity contribution in [3.63, 3.8) is 0 Å². The summed E-state index contributed by atoms with van der Waals surface area (Å²) in [6.45, 7) is 1.91. The number of rotatable bonds is 3. The highest BCUT2D eigenvalue weighted by molar-refractivity contribution is 6.31. The number of nitriles is 1. The van der Waals surface area contributed by atoms with Gasteiger partial charge in [0.15, 0.2) is 5.69 Å². The summed E-state index contributed by atoms with van der Waals surface area (Å²) >= 11 is 5.79. The highest BCUT2D eigenvalue weighted by Crippen LogP contribution is 2.18. The zero-order chi connectivity index (χ0) is 12.3. The van der Waals surface area contributed by atoms with E-state index < -0.39 is 0 Å². The maximum atomic E-state index is 8.81. The molecule has 0 aliphatic carbocycles. The lowest BCUT2D eigenvalue weighted by molar-refractivity contribution is 0.790. The quantitative estimate of drug-likeness (QED) is 0.866. The average Bonchev–Trinajstić information content (AvgIpc) is 2.85. The minimum absolute atomic E-state index is 0.0854. The third kappa shape index (κ3) is 2.52. The first-order valence-electron chi connectivity index (χ1n) is 4.89. The van der Waals surface area contributed by atoms with E-state index in [-0.39, 0.29) is 11.7 Å². The molecule has 2 aromatic heterocycles. The topological polar surface area (TPSA) is 90.3 Å². The molecule has 0 radical (unpaired) electrons. The fourth-order valence-electron chi connectivity index (χ4n) is 1.31. The van der Waals surface area contributed by atoms with E-state index in [2.05, 4.69) is 25.5 Å². The second kappa shape index (κ2) is 4.80. The molecule has 0 aromatic carbocycles. The third-order valence-corrected chi connectivity index (χ3v) is 2.47. The summed E-state index contributed by atoms with van der Waals surface area (Å²) in [4.78, 5) is 8.10. The Morgan fingerprint density at radius 1 is 1.53 bits per heavy atom. The number of anilines is 1. The van der Waals surface area contributed by atoms with Crippen LogP contribution in [0.1, 0.15) is 24.5 Å². The molecule has 2 N–H and O–H groups in total. The lowest BCUT2D eigenvalue weighted by Crippen LogP contribution is -2.10. The molecule has 1 atom stereocenters. The Hall–Kier alpha value is -2.13. The van der Waals surface area contributed by atoms with Gasteiger partial charge in [0, 0.05) is 0 Å². The standard InChI is InChI=1S/C10H9ClN6/c1-6(10-13-5-14-17-10)15-9-3-2-7(11)8(4-12)16-9/h2-3,5-6H,1H3,(H,15,16)(H,13,14,17). The van der Waals surface area contributed by atoms with Gasteiger partial charge in [-0.15, -0.1) is 0 Å². The molecule has 0 saturated heterocycles. The van der Waals surface area contributed by atoms with E-state index in [9.17, 15) is 0 Å². The van der Waals surface area contributed by atoms with Crippen molar-refractivity contribution < 1.29 is 0 Å². The monoisotopic (exact) mass is 248 g/mol. The van der Waals surface area contributed by atoms with E-state index in [0.29, 0.717) is 16.7 Å². The van der Waals surface area contributed by atoms with Crippen LogP contribution in [0.3, 0.4) is 0 Å². The number of aromatic nitrogens is 4. The Labute approximate surface area is 103 Å². The molecule has 2 rings (SSSR count). The molecule has 6 nitrogen and oxygen atoms in total. The van der Waals surface area contributed by atoms with Gasteiger partial charge in [-0.2, -0.15) is 10.4 Å². The number of hydrogen-bond acceptors (Lipinski definition) is 5. The number of nitrogens with one attached hydrogen (secondary N) is 2. The molecule has 0 spiro atoms. The molecular weight excluding hydrogens is 240 g/mol. The summed E-state index contributed by atoms with van der Waals surface area (Å²) < 4.78 is 0. The molecule has 0 aliphatic rings. The van der Waals surface area contributed by atoms with Gasteiger partial charge in [0.05, 0.1) is 11.1 Å². The van der Waals surface area contributed by atoms with Crippen LogP contribution in [0.2, 0.25) is 5.02 Å². The van der Waals surface area contributed by atoms with Gasteiger partial charge in [0.1, 0.15) is 24.0 Å². The molecule has 0 aliphatic heterocycles. The average molecular weight is 249 g/mol. The number of nitrogens with zero attached hydrogens (tertiary/aromatic N) is 4. The SMILES string of the molecule is CC(Nc1ccc(Cl)c(C#N)n1)c1ncn[nH]1. The summed E-state index contributed by atoms with van der Waals surface area (Å²) in [6.07, 6.45) is 1.43. The van der Waals surface area contributed by atoms with E-state index >= 15 is 0 Å². The predicted octanol–water partition coefficient (Wildman–Crippen LogP) is 1.90. The van der Waals surface area contributed by atoms with Crippen molar-refractivity contribution in [1.29, 1.82) is 5.26 Å². The maximum Gasteiger partial charge on any atom is 0.161 e. The Morgan fingerprint density at radius 3 is 3.00 bits per heavy atom. The number of halogens is 1. The van der Waals surface area contributed by atoms with Crippen LogP contribution < -0.4 is 5.32 Å². The fraction of sp³-hybridized carbons (Fsp3) is 0.200. The van der Waals surface area contributed by atoms with Gasteiger partial charge in [0.2, 0.25) is 0 Å². The largest absolute Gasteiger partial charge is 0.360 e. The molecule has 0 amide bonds. The van der Waals surface area contributed by atoms with Gasteiger partial charge < -0.3 is 5.32 Å². The molecule has 2 aromatic rings. The fourth-order valence-corrected chi connectivity index (χ4v) is 1.46. The van der Waals surface area contributed by atoms with Crippen LogP contribution in [-0.2, 0) is 0 Å². The van der Waals surface area contributed by atoms with Gasteiger partial charge in [-0.05, 0) is 19.1 Å². The van der Waals surface area contributed by atoms with Crippen LogP contribution in [0.4, 0.5) is 5.82 Å². The van der Waals surface area contributed by atoms with Crippen molar-refractivity contribution in [1.82, 2.24) is 20.2 Å². The summed E-state index contributed by atoms with van der Waals surface area (Å²) in [5.74, 6) is 1.26. The van der Waals surface area contributed by atoms with E-state index in [4.69, 9.17) is 16.9 Å². The van der Waals surface area contributed by atoms with Crippen molar-refractivity contribution in [3.05, 3.63) is 35.0 Å². The van der Waals surface area contributed by atoms with Crippen molar-refractivity contribution in [3.8, 4) is 6.07 Å². The zero-order valence-electron chi connectivity index (χ0n) is 8.98. The molecule has 2 heterocycles. The first-order valence-corrected chi connectivity index (χ1v) is 5.27. The summed E-state index contributed by atoms with van der Waals surface area (Å²) in [7, 11) is 0. The molecule has 0 bridgehead atoms. The van der Waals surface area contributed by atoms with Crippen LogP contribution in [0, 0.1) is 11.3 Å². The molecule has 0 fully saturated rings. The van der Waals surface area contributed by atoms with Crippen molar-refractivity contribution in [2.75, 3.05) is 5.32 Å². The van der Waals surface area contributed by atoms with E-state index in [1.165, 1.54) is 6.33 Å². The summed E-state index contributed by atoms with van der Waals surface area (Å²) in [6, 6.07) is 5.17. The smallest absolute Gasteiger partial charge is 0.161 e. The Kier molecular flexibility index (Phi) is 3.21. The second-order valence-electron chi connectivity index (χ2n) is 3.38. The second-order valence-corrected chi connectivity index (χ2v) is 3.78. The van der Waals surface area contributed by atoms with Crippen molar-refractivity contribution in [2.45, 2.75) is 13.0 Å². The Morgan fingerprint density at radius 2 is 2.35 bits per heavy atom. The highest BCUT2D eigenvalue weighted by atomic mass is 35.5. The number of aromatic amines is 1. The van der Waals surface area contributed by atoms with Gasteiger partial charge >= 0.3 is 0 Å². The summed E-state index contributed by atoms with van der Waals surface area (Å²) in [5.41, 5.74) is 0.196. The van der Waals surface area contributed by atoms with Crippen LogP contribution in [0.25, 0.3) is 0 Å². The Bertz CT molecular complexity index is 544. The van der Waals surface area contributed by atoms with E-state index in [1.54, 1.807) is 12.1 Å². The first kappa shape index (κ1) is 11.4. The highest BCUT2D eigenvalue weighted by Gasteiger charge is 2.10. The molecular formula is C10H9ClN6. The lowest BCUT2D eigenvalue weighted by Gasteiger charge is -2.11. The van der Waals surface area contributed by atoms with Crippen LogP contribution in [0.15, 0.2) is 18.5 Å². The third-order valence-electron chi connectivity index (χ3n) is 2.16. The number of hydrogen-bond donors (Lipinski definition) is 2. The molecule has 7 heteroatoms. The minimum Gasteiger partial charge on any atom is -0.360 e. The number of pyridine rings is 1. The molecule has 17 heavy (non-hydrogen) atoms. The molecule has 86 valence electrons. The van der Waals surface area contributed by atoms with Gasteiger partial charge in [-0.3, -0.25) is 5.10 Å². The maximum absolute atomic E-state index is 8.81. The van der Waals surface area contributed by atoms with Gasteiger partial charge in [0.25, 0.3) is 0 Å².